The number of rotatable bonds is 8. The second-order valence-electron chi connectivity index (χ2n) is 8.17. The van der Waals surface area contributed by atoms with Gasteiger partial charge < -0.3 is 9.47 Å². The first-order chi connectivity index (χ1) is 16.8. The van der Waals surface area contributed by atoms with Crippen molar-refractivity contribution in [2.75, 3.05) is 39.5 Å². The van der Waals surface area contributed by atoms with Gasteiger partial charge in [0.05, 0.1) is 30.3 Å². The number of Topliss-reactive ketones (excluding diaryl/α,β-unsaturated/α-hetero) is 1. The Bertz CT molecular complexity index is 1160. The van der Waals surface area contributed by atoms with E-state index in [1.54, 1.807) is 11.3 Å². The van der Waals surface area contributed by atoms with Crippen LogP contribution in [0.1, 0.15) is 0 Å². The molecule has 1 aromatic heterocycles. The Morgan fingerprint density at radius 3 is 2.18 bits per heavy atom. The van der Waals surface area contributed by atoms with E-state index in [0.717, 1.165) is 45.4 Å². The zero-order chi connectivity index (χ0) is 23.2. The molecule has 172 valence electrons. The molecule has 1 aliphatic rings. The highest BCUT2D eigenvalue weighted by Gasteiger charge is 2.17. The average molecular weight is 471 g/mol. The number of thiazole rings is 1. The van der Waals surface area contributed by atoms with Crippen LogP contribution in [0.2, 0.25) is 0 Å². The minimum Gasteiger partial charge on any atom is -0.486 e. The second-order valence-corrected chi connectivity index (χ2v) is 9.17. The van der Waals surface area contributed by atoms with Crippen molar-refractivity contribution in [1.29, 1.82) is 0 Å². The van der Waals surface area contributed by atoms with Gasteiger partial charge >= 0.3 is 0 Å². The van der Waals surface area contributed by atoms with Crippen LogP contribution in [0.4, 0.5) is 0 Å². The van der Waals surface area contributed by atoms with Gasteiger partial charge in [0.15, 0.2) is 5.78 Å². The van der Waals surface area contributed by atoms with Gasteiger partial charge in [0.1, 0.15) is 17.4 Å². The van der Waals surface area contributed by atoms with Crippen molar-refractivity contribution in [3.63, 3.8) is 0 Å². The number of benzene rings is 3. The minimum absolute atomic E-state index is 0.0737. The molecule has 1 aliphatic heterocycles. The molecular formula is C28H26N2O3S. The highest BCUT2D eigenvalue weighted by atomic mass is 32.1. The van der Waals surface area contributed by atoms with E-state index >= 15 is 0 Å². The predicted molar refractivity (Wildman–Crippen MR) is 136 cm³/mol. The number of hydrogen-bond acceptors (Lipinski definition) is 6. The monoisotopic (exact) mass is 470 g/mol. The first kappa shape index (κ1) is 22.5. The molecular weight excluding hydrogens is 444 g/mol. The van der Waals surface area contributed by atoms with E-state index in [1.807, 2.05) is 48.5 Å². The Morgan fingerprint density at radius 1 is 0.853 bits per heavy atom. The van der Waals surface area contributed by atoms with Crippen LogP contribution in [-0.2, 0) is 9.53 Å². The molecule has 2 heterocycles. The largest absolute Gasteiger partial charge is 0.486 e. The molecule has 0 unspecified atom stereocenters. The topological polar surface area (TPSA) is 51.7 Å². The third kappa shape index (κ3) is 5.42. The van der Waals surface area contributed by atoms with Gasteiger partial charge in [-0.2, -0.15) is 0 Å². The number of ketones is 1. The molecule has 0 amide bonds. The number of aromatic nitrogens is 1. The summed E-state index contributed by atoms with van der Waals surface area (Å²) in [7, 11) is 0. The van der Waals surface area contributed by atoms with Gasteiger partial charge in [-0.3, -0.25) is 9.69 Å². The molecule has 0 radical (unpaired) electrons. The Balaban J connectivity index is 1.31. The molecule has 1 saturated heterocycles. The summed E-state index contributed by atoms with van der Waals surface area (Å²) in [4.78, 5) is 20.5. The summed E-state index contributed by atoms with van der Waals surface area (Å²) in [6.07, 6.45) is 0. The molecule has 0 atom stereocenters. The summed E-state index contributed by atoms with van der Waals surface area (Å²) in [5, 5.41) is 0.952. The minimum atomic E-state index is 0.0737. The first-order valence-electron chi connectivity index (χ1n) is 11.4. The quantitative estimate of drug-likeness (QED) is 0.344. The van der Waals surface area contributed by atoms with Crippen LogP contribution in [0.25, 0.3) is 32.3 Å². The van der Waals surface area contributed by atoms with Crippen molar-refractivity contribution in [3.8, 4) is 38.0 Å². The smallest absolute Gasteiger partial charge is 0.184 e. The third-order valence-corrected chi connectivity index (χ3v) is 6.87. The van der Waals surface area contributed by atoms with Crippen molar-refractivity contribution >= 4 is 17.1 Å². The summed E-state index contributed by atoms with van der Waals surface area (Å²) in [6, 6.07) is 28.5. The highest BCUT2D eigenvalue weighted by molar-refractivity contribution is 7.19. The van der Waals surface area contributed by atoms with Crippen molar-refractivity contribution < 1.29 is 14.3 Å². The lowest BCUT2D eigenvalue weighted by molar-refractivity contribution is -0.123. The average Bonchev–Trinajstić information content (AvgIpc) is 3.35. The highest BCUT2D eigenvalue weighted by Crippen LogP contribution is 2.40. The zero-order valence-electron chi connectivity index (χ0n) is 18.9. The van der Waals surface area contributed by atoms with E-state index < -0.39 is 0 Å². The van der Waals surface area contributed by atoms with Crippen molar-refractivity contribution in [2.45, 2.75) is 0 Å². The third-order valence-electron chi connectivity index (χ3n) is 5.72. The van der Waals surface area contributed by atoms with E-state index in [0.29, 0.717) is 25.5 Å². The van der Waals surface area contributed by atoms with Crippen LogP contribution in [0.5, 0.6) is 5.75 Å². The molecule has 6 heteroatoms. The van der Waals surface area contributed by atoms with Gasteiger partial charge in [0.2, 0.25) is 0 Å². The van der Waals surface area contributed by atoms with Gasteiger partial charge in [0.25, 0.3) is 0 Å². The molecule has 1 fully saturated rings. The van der Waals surface area contributed by atoms with Crippen LogP contribution in [0.15, 0.2) is 84.9 Å². The van der Waals surface area contributed by atoms with Gasteiger partial charge in [-0.05, 0) is 29.8 Å². The molecule has 0 spiro atoms. The molecule has 34 heavy (non-hydrogen) atoms. The summed E-state index contributed by atoms with van der Waals surface area (Å²) in [5.74, 6) is 0.758. The lowest BCUT2D eigenvalue weighted by Crippen LogP contribution is -2.40. The number of carbonyl (C=O) groups excluding carboxylic acids is 1. The standard InChI is InChI=1S/C28H26N2O3S/c31-24(19-30-15-17-32-18-16-30)20-33-25-13-11-23(12-14-25)28-29-26(21-7-3-1-4-8-21)27(34-28)22-9-5-2-6-10-22/h1-14H,15-20H2. The van der Waals surface area contributed by atoms with Crippen LogP contribution >= 0.6 is 11.3 Å². The predicted octanol–water partition coefficient (Wildman–Crippen LogP) is 5.42. The van der Waals surface area contributed by atoms with Crippen molar-refractivity contribution in [1.82, 2.24) is 9.88 Å². The molecule has 0 aliphatic carbocycles. The lowest BCUT2D eigenvalue weighted by atomic mass is 10.1. The SMILES string of the molecule is O=C(COc1ccc(-c2nc(-c3ccccc3)c(-c3ccccc3)s2)cc1)CN1CCOCC1. The van der Waals surface area contributed by atoms with E-state index in [-0.39, 0.29) is 12.4 Å². The van der Waals surface area contributed by atoms with Gasteiger partial charge in [-0.15, -0.1) is 11.3 Å². The fraction of sp³-hybridized carbons (Fsp3) is 0.214. The molecule has 0 saturated carbocycles. The van der Waals surface area contributed by atoms with Gasteiger partial charge in [-0.25, -0.2) is 4.98 Å². The fourth-order valence-corrected chi connectivity index (χ4v) is 5.03. The van der Waals surface area contributed by atoms with Crippen LogP contribution in [0.3, 0.4) is 0 Å². The van der Waals surface area contributed by atoms with Crippen LogP contribution < -0.4 is 4.74 Å². The van der Waals surface area contributed by atoms with Crippen molar-refractivity contribution in [2.24, 2.45) is 0 Å². The number of ether oxygens (including phenoxy) is 2. The normalized spacial score (nSPS) is 14.1. The molecule has 4 aromatic rings. The maximum Gasteiger partial charge on any atom is 0.184 e. The number of nitrogens with zero attached hydrogens (tertiary/aromatic N) is 2. The Morgan fingerprint density at radius 2 is 1.50 bits per heavy atom. The summed E-state index contributed by atoms with van der Waals surface area (Å²) in [5.41, 5.74) is 4.27. The lowest BCUT2D eigenvalue weighted by Gasteiger charge is -2.25. The molecule has 5 rings (SSSR count). The zero-order valence-corrected chi connectivity index (χ0v) is 19.7. The van der Waals surface area contributed by atoms with Crippen molar-refractivity contribution in [3.05, 3.63) is 84.9 Å². The maximum absolute atomic E-state index is 12.3. The molecule has 5 nitrogen and oxygen atoms in total. The molecule has 0 N–H and O–H groups in total. The van der Waals surface area contributed by atoms with Crippen LogP contribution in [-0.4, -0.2) is 55.1 Å². The first-order valence-corrected chi connectivity index (χ1v) is 12.2. The Kier molecular flexibility index (Phi) is 7.10. The fourth-order valence-electron chi connectivity index (χ4n) is 3.93. The maximum atomic E-state index is 12.3. The summed E-state index contributed by atoms with van der Waals surface area (Å²) in [6.45, 7) is 3.44. The van der Waals surface area contributed by atoms with E-state index in [1.165, 1.54) is 0 Å². The Hall–Kier alpha value is -3.32. The number of morpholine rings is 1. The Labute approximate surface area is 203 Å². The van der Waals surface area contributed by atoms with Gasteiger partial charge in [0, 0.05) is 24.2 Å². The summed E-state index contributed by atoms with van der Waals surface area (Å²) < 4.78 is 11.1. The molecule has 3 aromatic carbocycles. The molecule has 0 bridgehead atoms. The van der Waals surface area contributed by atoms with E-state index in [9.17, 15) is 4.79 Å². The second kappa shape index (κ2) is 10.7. The number of carbonyl (C=O) groups is 1. The van der Waals surface area contributed by atoms with Crippen LogP contribution in [0, 0.1) is 0 Å². The summed E-state index contributed by atoms with van der Waals surface area (Å²) >= 11 is 1.68. The van der Waals surface area contributed by atoms with Gasteiger partial charge in [-0.1, -0.05) is 60.7 Å². The van der Waals surface area contributed by atoms with E-state index in [4.69, 9.17) is 14.5 Å². The van der Waals surface area contributed by atoms with E-state index in [2.05, 4.69) is 41.3 Å². The number of hydrogen-bond donors (Lipinski definition) is 0.